The summed E-state index contributed by atoms with van der Waals surface area (Å²) >= 11 is 0. The van der Waals surface area contributed by atoms with Gasteiger partial charge in [-0.25, -0.2) is 13.8 Å². The summed E-state index contributed by atoms with van der Waals surface area (Å²) in [6.45, 7) is 10.7. The predicted octanol–water partition coefficient (Wildman–Crippen LogP) is 12.5. The Kier molecular flexibility index (Phi) is 8.15. The Morgan fingerprint density at radius 1 is 0.655 bits per heavy atom. The summed E-state index contributed by atoms with van der Waals surface area (Å²) in [5.74, 6) is 0.857. The minimum atomic E-state index is -0.617. The second kappa shape index (κ2) is 13.1. The monoisotopic (exact) mass is 727 g/mol. The summed E-state index contributed by atoms with van der Waals surface area (Å²) in [7, 11) is 0. The van der Waals surface area contributed by atoms with Crippen molar-refractivity contribution in [3.8, 4) is 28.4 Å². The Balaban J connectivity index is 1.21. The molecule has 1 aliphatic rings. The molecule has 8 aromatic rings. The summed E-state index contributed by atoms with van der Waals surface area (Å²) in [4.78, 5) is 12.9. The Hall–Kier alpha value is -6.54. The van der Waals surface area contributed by atoms with Crippen LogP contribution in [0.5, 0.6) is 11.5 Å². The number of rotatable bonds is 6. The number of aryl methyl sites for hydroxylation is 2. The number of benzene rings is 5. The molecule has 272 valence electrons. The number of hydrogen-bond donors (Lipinski definition) is 0. The van der Waals surface area contributed by atoms with Gasteiger partial charge in [0.1, 0.15) is 41.3 Å². The molecule has 6 nitrogen and oxygen atoms in total. The molecule has 0 bridgehead atoms. The van der Waals surface area contributed by atoms with Gasteiger partial charge in [-0.15, -0.1) is 0 Å². The first kappa shape index (κ1) is 34.2. The van der Waals surface area contributed by atoms with Crippen molar-refractivity contribution in [3.05, 3.63) is 162 Å². The average Bonchev–Trinajstić information content (AvgIpc) is 3.70. The fraction of sp³-hybridized carbons (Fsp3) is 0.149. The SMILES string of the molecule is Cc1cncc(C)c1-c1cc(Oc2ccc3c4ccccc4n(-c4ccccn4)c3c2)cc(N2CN(c3c(F)cccc3F)c3cc(C(C)(C)C)ccc32)c1. The Morgan fingerprint density at radius 3 is 2.15 bits per heavy atom. The zero-order valence-corrected chi connectivity index (χ0v) is 31.3. The second-order valence-corrected chi connectivity index (χ2v) is 15.2. The van der Waals surface area contributed by atoms with E-state index in [1.165, 1.54) is 18.2 Å². The van der Waals surface area contributed by atoms with Crippen LogP contribution in [0.1, 0.15) is 37.5 Å². The predicted molar refractivity (Wildman–Crippen MR) is 218 cm³/mol. The van der Waals surface area contributed by atoms with Crippen LogP contribution in [0.25, 0.3) is 38.8 Å². The molecule has 0 unspecified atom stereocenters. The molecule has 0 spiro atoms. The first-order valence-corrected chi connectivity index (χ1v) is 18.4. The third kappa shape index (κ3) is 5.94. The lowest BCUT2D eigenvalue weighted by atomic mass is 9.86. The number of para-hydroxylation sites is 2. The van der Waals surface area contributed by atoms with Crippen LogP contribution in [0.3, 0.4) is 0 Å². The minimum Gasteiger partial charge on any atom is -0.457 e. The van der Waals surface area contributed by atoms with Crippen molar-refractivity contribution in [3.63, 3.8) is 0 Å². The fourth-order valence-corrected chi connectivity index (χ4v) is 7.87. The molecule has 0 fully saturated rings. The van der Waals surface area contributed by atoms with E-state index in [1.807, 2.05) is 60.9 Å². The molecule has 3 aromatic heterocycles. The molecular formula is C47H39F2N5O. The lowest BCUT2D eigenvalue weighted by molar-refractivity contribution is 0.483. The first-order valence-electron chi connectivity index (χ1n) is 18.4. The van der Waals surface area contributed by atoms with Crippen molar-refractivity contribution < 1.29 is 13.5 Å². The van der Waals surface area contributed by atoms with Gasteiger partial charge in [-0.05, 0) is 114 Å². The van der Waals surface area contributed by atoms with E-state index in [0.29, 0.717) is 11.5 Å². The largest absolute Gasteiger partial charge is 0.457 e. The average molecular weight is 728 g/mol. The lowest BCUT2D eigenvalue weighted by Gasteiger charge is -2.24. The van der Waals surface area contributed by atoms with Gasteiger partial charge in [0.15, 0.2) is 0 Å². The quantitative estimate of drug-likeness (QED) is 0.171. The third-order valence-electron chi connectivity index (χ3n) is 10.5. The van der Waals surface area contributed by atoms with Crippen molar-refractivity contribution >= 4 is 44.6 Å². The van der Waals surface area contributed by atoms with E-state index in [2.05, 4.69) is 103 Å². The molecule has 0 saturated heterocycles. The van der Waals surface area contributed by atoms with Gasteiger partial charge in [-0.3, -0.25) is 9.55 Å². The van der Waals surface area contributed by atoms with Gasteiger partial charge in [-0.1, -0.05) is 57.2 Å². The molecule has 0 atom stereocenters. The molecule has 0 amide bonds. The van der Waals surface area contributed by atoms with E-state index in [1.54, 1.807) is 11.1 Å². The number of ether oxygens (including phenoxy) is 1. The Morgan fingerprint density at radius 2 is 1.40 bits per heavy atom. The van der Waals surface area contributed by atoms with Gasteiger partial charge in [0, 0.05) is 47.2 Å². The Labute approximate surface area is 318 Å². The van der Waals surface area contributed by atoms with Gasteiger partial charge in [-0.2, -0.15) is 0 Å². The van der Waals surface area contributed by atoms with Crippen molar-refractivity contribution in [2.24, 2.45) is 0 Å². The number of fused-ring (bicyclic) bond motifs is 4. The number of hydrogen-bond acceptors (Lipinski definition) is 5. The van der Waals surface area contributed by atoms with Crippen LogP contribution < -0.4 is 14.5 Å². The molecule has 55 heavy (non-hydrogen) atoms. The van der Waals surface area contributed by atoms with Crippen LogP contribution in [0.2, 0.25) is 0 Å². The van der Waals surface area contributed by atoms with Crippen molar-refractivity contribution in [2.75, 3.05) is 16.5 Å². The van der Waals surface area contributed by atoms with Gasteiger partial charge in [0.25, 0.3) is 0 Å². The molecular weight excluding hydrogens is 689 g/mol. The highest BCUT2D eigenvalue weighted by Crippen LogP contribution is 2.49. The van der Waals surface area contributed by atoms with Crippen LogP contribution in [-0.4, -0.2) is 21.2 Å². The van der Waals surface area contributed by atoms with E-state index in [9.17, 15) is 0 Å². The summed E-state index contributed by atoms with van der Waals surface area (Å²) in [6, 6.07) is 36.7. The molecule has 0 saturated carbocycles. The van der Waals surface area contributed by atoms with Crippen molar-refractivity contribution in [2.45, 2.75) is 40.0 Å². The first-order chi connectivity index (χ1) is 26.5. The van der Waals surface area contributed by atoms with E-state index in [4.69, 9.17) is 4.74 Å². The number of halogens is 2. The van der Waals surface area contributed by atoms with E-state index in [0.717, 1.165) is 72.5 Å². The van der Waals surface area contributed by atoms with Crippen LogP contribution in [0.15, 0.2) is 134 Å². The smallest absolute Gasteiger partial charge is 0.149 e. The summed E-state index contributed by atoms with van der Waals surface area (Å²) < 4.78 is 40.0. The maximum absolute atomic E-state index is 15.5. The third-order valence-corrected chi connectivity index (χ3v) is 10.5. The van der Waals surface area contributed by atoms with Crippen LogP contribution in [-0.2, 0) is 5.41 Å². The van der Waals surface area contributed by atoms with Gasteiger partial charge >= 0.3 is 0 Å². The molecule has 4 heterocycles. The number of pyridine rings is 2. The summed E-state index contributed by atoms with van der Waals surface area (Å²) in [6.07, 6.45) is 5.53. The highest BCUT2D eigenvalue weighted by Gasteiger charge is 2.33. The van der Waals surface area contributed by atoms with Gasteiger partial charge < -0.3 is 14.5 Å². The van der Waals surface area contributed by atoms with Crippen LogP contribution in [0, 0.1) is 25.5 Å². The molecule has 5 aromatic carbocycles. The Bertz CT molecular complexity index is 2730. The maximum atomic E-state index is 15.5. The molecule has 0 radical (unpaired) electrons. The maximum Gasteiger partial charge on any atom is 0.149 e. The lowest BCUT2D eigenvalue weighted by Crippen LogP contribution is -2.25. The molecule has 0 N–H and O–H groups in total. The highest BCUT2D eigenvalue weighted by atomic mass is 19.1. The van der Waals surface area contributed by atoms with Gasteiger partial charge in [0.2, 0.25) is 0 Å². The molecule has 1 aliphatic heterocycles. The number of anilines is 4. The van der Waals surface area contributed by atoms with Crippen molar-refractivity contribution in [1.29, 1.82) is 0 Å². The topological polar surface area (TPSA) is 46.4 Å². The summed E-state index contributed by atoms with van der Waals surface area (Å²) in [5, 5.41) is 2.22. The van der Waals surface area contributed by atoms with E-state index in [-0.39, 0.29) is 17.8 Å². The molecule has 0 aliphatic carbocycles. The highest BCUT2D eigenvalue weighted by molar-refractivity contribution is 6.09. The number of aromatic nitrogens is 3. The molecule has 8 heteroatoms. The second-order valence-electron chi connectivity index (χ2n) is 15.2. The van der Waals surface area contributed by atoms with Gasteiger partial charge in [0.05, 0.1) is 22.4 Å². The number of nitrogens with zero attached hydrogens (tertiary/aromatic N) is 5. The van der Waals surface area contributed by atoms with Crippen LogP contribution in [0.4, 0.5) is 31.5 Å². The van der Waals surface area contributed by atoms with E-state index < -0.39 is 11.6 Å². The fourth-order valence-electron chi connectivity index (χ4n) is 7.87. The van der Waals surface area contributed by atoms with E-state index >= 15 is 8.78 Å². The zero-order chi connectivity index (χ0) is 38.0. The molecule has 9 rings (SSSR count). The standard InChI is InChI=1S/C47H39F2N5O/c1-29-26-50-27-30(2)45(29)31-21-33(52-28-53(46-38(48)12-10-13-39(46)49)43-23-32(47(3,4)5)16-19-41(43)52)24-35(22-31)55-34-17-18-37-36-11-6-7-14-40(36)54(42(37)25-34)44-15-8-9-20-51-44/h6-27H,28H2,1-5H3. The normalized spacial score (nSPS) is 12.9. The zero-order valence-electron chi connectivity index (χ0n) is 31.3. The minimum absolute atomic E-state index is 0.0812. The van der Waals surface area contributed by atoms with Crippen molar-refractivity contribution in [1.82, 2.24) is 14.5 Å². The van der Waals surface area contributed by atoms with Crippen LogP contribution >= 0.6 is 0 Å². The summed E-state index contributed by atoms with van der Waals surface area (Å²) in [5.41, 5.74) is 9.25.